The first kappa shape index (κ1) is 15.1. The molecule has 3 nitrogen and oxygen atoms in total. The van der Waals surface area contributed by atoms with E-state index in [4.69, 9.17) is 21.6 Å². The van der Waals surface area contributed by atoms with Crippen LogP contribution in [-0.2, 0) is 0 Å². The second-order valence-corrected chi connectivity index (χ2v) is 4.97. The molecule has 2 rings (SSSR count). The molecule has 21 heavy (non-hydrogen) atoms. The van der Waals surface area contributed by atoms with Crippen LogP contribution >= 0.6 is 11.6 Å². The number of hydrogen-bond donors (Lipinski definition) is 1. The lowest BCUT2D eigenvalue weighted by Gasteiger charge is -2.17. The van der Waals surface area contributed by atoms with Gasteiger partial charge >= 0.3 is 0 Å². The van der Waals surface area contributed by atoms with Crippen LogP contribution in [0.4, 0.5) is 10.1 Å². The Balaban J connectivity index is 2.20. The Kier molecular flexibility index (Phi) is 4.66. The standard InChI is InChI=1S/C16H14ClFN2O/c1-10(11-4-6-15(18)16(7-11)21-2)20-13-5-3-12(9-19)14(17)8-13/h3-8,10,20H,1-2H3. The Bertz CT molecular complexity index is 697. The molecule has 108 valence electrons. The van der Waals surface area contributed by atoms with Crippen LogP contribution in [0.15, 0.2) is 36.4 Å². The van der Waals surface area contributed by atoms with Gasteiger partial charge in [0.2, 0.25) is 0 Å². The van der Waals surface area contributed by atoms with Crippen molar-refractivity contribution in [3.8, 4) is 11.8 Å². The van der Waals surface area contributed by atoms with E-state index in [1.807, 2.05) is 13.0 Å². The lowest BCUT2D eigenvalue weighted by molar-refractivity contribution is 0.385. The summed E-state index contributed by atoms with van der Waals surface area (Å²) < 4.78 is 18.4. The third kappa shape index (κ3) is 3.45. The van der Waals surface area contributed by atoms with Crippen LogP contribution in [0.3, 0.4) is 0 Å². The summed E-state index contributed by atoms with van der Waals surface area (Å²) in [6.07, 6.45) is 0. The maximum atomic E-state index is 13.4. The number of benzene rings is 2. The molecule has 0 aromatic heterocycles. The number of hydrogen-bond acceptors (Lipinski definition) is 3. The van der Waals surface area contributed by atoms with Gasteiger partial charge in [-0.25, -0.2) is 4.39 Å². The minimum atomic E-state index is -0.394. The van der Waals surface area contributed by atoms with Crippen LogP contribution in [0.2, 0.25) is 5.02 Å². The van der Waals surface area contributed by atoms with Crippen molar-refractivity contribution in [2.75, 3.05) is 12.4 Å². The highest BCUT2D eigenvalue weighted by Crippen LogP contribution is 2.27. The molecule has 0 saturated carbocycles. The van der Waals surface area contributed by atoms with Gasteiger partial charge in [0, 0.05) is 11.7 Å². The van der Waals surface area contributed by atoms with Gasteiger partial charge in [-0.2, -0.15) is 5.26 Å². The molecule has 2 aromatic carbocycles. The molecule has 0 spiro atoms. The molecule has 0 aliphatic heterocycles. The van der Waals surface area contributed by atoms with E-state index >= 15 is 0 Å². The highest BCUT2D eigenvalue weighted by molar-refractivity contribution is 6.32. The van der Waals surface area contributed by atoms with Crippen LogP contribution < -0.4 is 10.1 Å². The number of anilines is 1. The highest BCUT2D eigenvalue weighted by Gasteiger charge is 2.10. The monoisotopic (exact) mass is 304 g/mol. The number of nitriles is 1. The number of rotatable bonds is 4. The Morgan fingerprint density at radius 3 is 2.67 bits per heavy atom. The Labute approximate surface area is 127 Å². The number of methoxy groups -OCH3 is 1. The predicted octanol–water partition coefficient (Wildman–Crippen LogP) is 4.53. The summed E-state index contributed by atoms with van der Waals surface area (Å²) in [5, 5.41) is 12.5. The Hall–Kier alpha value is -2.25. The maximum Gasteiger partial charge on any atom is 0.165 e. The van der Waals surface area contributed by atoms with Crippen LogP contribution in [0.1, 0.15) is 24.1 Å². The van der Waals surface area contributed by atoms with Crippen molar-refractivity contribution in [1.82, 2.24) is 0 Å². The Morgan fingerprint density at radius 2 is 2.05 bits per heavy atom. The van der Waals surface area contributed by atoms with E-state index in [9.17, 15) is 4.39 Å². The van der Waals surface area contributed by atoms with E-state index in [0.717, 1.165) is 11.3 Å². The molecule has 0 aliphatic rings. The summed E-state index contributed by atoms with van der Waals surface area (Å²) in [5.41, 5.74) is 2.10. The first-order valence-corrected chi connectivity index (χ1v) is 6.72. The van der Waals surface area contributed by atoms with Crippen molar-refractivity contribution in [1.29, 1.82) is 5.26 Å². The summed E-state index contributed by atoms with van der Waals surface area (Å²) in [6.45, 7) is 1.94. The molecule has 1 N–H and O–H groups in total. The lowest BCUT2D eigenvalue weighted by atomic mass is 10.1. The summed E-state index contributed by atoms with van der Waals surface area (Å²) in [6, 6.07) is 11.8. The third-order valence-electron chi connectivity index (χ3n) is 3.15. The molecular formula is C16H14ClFN2O. The highest BCUT2D eigenvalue weighted by atomic mass is 35.5. The van der Waals surface area contributed by atoms with E-state index < -0.39 is 5.82 Å². The topological polar surface area (TPSA) is 45.0 Å². The molecule has 0 amide bonds. The molecule has 2 aromatic rings. The lowest BCUT2D eigenvalue weighted by Crippen LogP contribution is -2.07. The SMILES string of the molecule is COc1cc(C(C)Nc2ccc(C#N)c(Cl)c2)ccc1F. The second kappa shape index (κ2) is 6.47. The van der Waals surface area contributed by atoms with E-state index in [-0.39, 0.29) is 11.8 Å². The second-order valence-electron chi connectivity index (χ2n) is 4.57. The van der Waals surface area contributed by atoms with Crippen molar-refractivity contribution in [2.45, 2.75) is 13.0 Å². The van der Waals surface area contributed by atoms with Gasteiger partial charge in [-0.1, -0.05) is 17.7 Å². The summed E-state index contributed by atoms with van der Waals surface area (Å²) in [4.78, 5) is 0. The average Bonchev–Trinajstić information content (AvgIpc) is 2.48. The summed E-state index contributed by atoms with van der Waals surface area (Å²) >= 11 is 6.00. The van der Waals surface area contributed by atoms with Gasteiger partial charge in [-0.15, -0.1) is 0 Å². The van der Waals surface area contributed by atoms with Crippen molar-refractivity contribution >= 4 is 17.3 Å². The molecule has 0 radical (unpaired) electrons. The van der Waals surface area contributed by atoms with Crippen LogP contribution in [0.5, 0.6) is 5.75 Å². The number of nitrogens with one attached hydrogen (secondary N) is 1. The van der Waals surface area contributed by atoms with Crippen molar-refractivity contribution in [2.24, 2.45) is 0 Å². The number of nitrogens with zero attached hydrogens (tertiary/aromatic N) is 1. The minimum absolute atomic E-state index is 0.0662. The fraction of sp³-hybridized carbons (Fsp3) is 0.188. The first-order chi connectivity index (χ1) is 10.0. The normalized spacial score (nSPS) is 11.6. The van der Waals surface area contributed by atoms with Gasteiger partial charge < -0.3 is 10.1 Å². The summed E-state index contributed by atoms with van der Waals surface area (Å²) in [5.74, 6) is -0.186. The van der Waals surface area contributed by atoms with Gasteiger partial charge in [0.15, 0.2) is 11.6 Å². The summed E-state index contributed by atoms with van der Waals surface area (Å²) in [7, 11) is 1.43. The zero-order valence-electron chi connectivity index (χ0n) is 11.7. The van der Waals surface area contributed by atoms with Crippen molar-refractivity contribution in [3.05, 3.63) is 58.4 Å². The van der Waals surface area contributed by atoms with Crippen LogP contribution in [0.25, 0.3) is 0 Å². The maximum absolute atomic E-state index is 13.4. The third-order valence-corrected chi connectivity index (χ3v) is 3.46. The molecular weight excluding hydrogens is 291 g/mol. The molecule has 1 unspecified atom stereocenters. The van der Waals surface area contributed by atoms with E-state index in [2.05, 4.69) is 5.32 Å². The molecule has 0 fully saturated rings. The predicted molar refractivity (Wildman–Crippen MR) is 81.2 cm³/mol. The van der Waals surface area contributed by atoms with E-state index in [1.54, 1.807) is 30.3 Å². The van der Waals surface area contributed by atoms with Gasteiger partial charge in [-0.3, -0.25) is 0 Å². The van der Waals surface area contributed by atoms with Gasteiger partial charge in [0.25, 0.3) is 0 Å². The average molecular weight is 305 g/mol. The largest absolute Gasteiger partial charge is 0.494 e. The molecule has 0 aliphatic carbocycles. The molecule has 1 atom stereocenters. The molecule has 0 heterocycles. The zero-order chi connectivity index (χ0) is 15.4. The smallest absolute Gasteiger partial charge is 0.165 e. The van der Waals surface area contributed by atoms with E-state index in [1.165, 1.54) is 13.2 Å². The number of ether oxygens (including phenoxy) is 1. The van der Waals surface area contributed by atoms with Crippen LogP contribution in [-0.4, -0.2) is 7.11 Å². The fourth-order valence-electron chi connectivity index (χ4n) is 1.97. The number of halogens is 2. The van der Waals surface area contributed by atoms with Crippen LogP contribution in [0, 0.1) is 17.1 Å². The first-order valence-electron chi connectivity index (χ1n) is 6.34. The van der Waals surface area contributed by atoms with Gasteiger partial charge in [-0.05, 0) is 42.8 Å². The molecule has 0 bridgehead atoms. The molecule has 0 saturated heterocycles. The van der Waals surface area contributed by atoms with Crippen molar-refractivity contribution < 1.29 is 9.13 Å². The Morgan fingerprint density at radius 1 is 1.29 bits per heavy atom. The van der Waals surface area contributed by atoms with E-state index in [0.29, 0.717) is 10.6 Å². The fourth-order valence-corrected chi connectivity index (χ4v) is 2.20. The van der Waals surface area contributed by atoms with Crippen molar-refractivity contribution in [3.63, 3.8) is 0 Å². The quantitative estimate of drug-likeness (QED) is 0.902. The minimum Gasteiger partial charge on any atom is -0.494 e. The molecule has 5 heteroatoms. The van der Waals surface area contributed by atoms with Gasteiger partial charge in [0.1, 0.15) is 6.07 Å². The zero-order valence-corrected chi connectivity index (χ0v) is 12.4. The van der Waals surface area contributed by atoms with Gasteiger partial charge in [0.05, 0.1) is 17.7 Å².